The molecule has 3 N–H and O–H groups in total. The predicted molar refractivity (Wildman–Crippen MR) is 107 cm³/mol. The first-order valence-corrected chi connectivity index (χ1v) is 10.4. The van der Waals surface area contributed by atoms with Crippen LogP contribution in [0.5, 0.6) is 0 Å². The quantitative estimate of drug-likeness (QED) is 0.648. The molecule has 150 valence electrons. The largest absolute Gasteiger partial charge is 0.388 e. The molecule has 2 aromatic rings. The van der Waals surface area contributed by atoms with Crippen LogP contribution >= 0.6 is 11.8 Å². The maximum atomic E-state index is 10.5. The van der Waals surface area contributed by atoms with Crippen LogP contribution < -0.4 is 5.32 Å². The number of thioether (sulfide) groups is 1. The lowest BCUT2D eigenvalue weighted by Crippen LogP contribution is -2.59. The predicted octanol–water partition coefficient (Wildman–Crippen LogP) is 0.591. The number of nitrogens with one attached hydrogen (secondary N) is 1. The molecule has 4 rings (SSSR count). The van der Waals surface area contributed by atoms with Crippen molar-refractivity contribution in [1.82, 2.24) is 20.3 Å². The van der Waals surface area contributed by atoms with Gasteiger partial charge in [-0.05, 0) is 25.3 Å². The molecule has 5 unspecified atom stereocenters. The second-order valence-electron chi connectivity index (χ2n) is 7.01. The van der Waals surface area contributed by atoms with Gasteiger partial charge in [-0.25, -0.2) is 4.68 Å². The number of rotatable bonds is 6. The van der Waals surface area contributed by atoms with E-state index in [0.717, 1.165) is 23.7 Å². The Morgan fingerprint density at radius 1 is 1.21 bits per heavy atom. The molecule has 0 aliphatic carbocycles. The average molecular weight is 404 g/mol. The van der Waals surface area contributed by atoms with E-state index in [1.165, 1.54) is 17.3 Å². The molecular formula is C19H25N5O3S. The molecule has 2 fully saturated rings. The van der Waals surface area contributed by atoms with Gasteiger partial charge in [0.25, 0.3) is 0 Å². The normalized spacial score (nSPS) is 31.0. The SMILES string of the molecule is CCN=C1NC2C(OC(Cn3cc(CCc4ccccc4)nn3)C(O)C2O)S1. The lowest BCUT2D eigenvalue weighted by atomic mass is 9.98. The van der Waals surface area contributed by atoms with E-state index in [-0.39, 0.29) is 11.5 Å². The van der Waals surface area contributed by atoms with Crippen LogP contribution in [0.25, 0.3) is 0 Å². The highest BCUT2D eigenvalue weighted by Crippen LogP contribution is 2.34. The Bertz CT molecular complexity index is 815. The number of aliphatic hydroxyl groups excluding tert-OH is 2. The van der Waals surface area contributed by atoms with Gasteiger partial charge >= 0.3 is 0 Å². The van der Waals surface area contributed by atoms with Crippen molar-refractivity contribution in [1.29, 1.82) is 0 Å². The Kier molecular flexibility index (Phi) is 5.96. The zero-order valence-electron chi connectivity index (χ0n) is 15.7. The third-order valence-corrected chi connectivity index (χ3v) is 6.09. The second-order valence-corrected chi connectivity index (χ2v) is 8.10. The smallest absolute Gasteiger partial charge is 0.159 e. The van der Waals surface area contributed by atoms with Crippen LogP contribution in [-0.4, -0.2) is 66.7 Å². The Morgan fingerprint density at radius 2 is 2.04 bits per heavy atom. The molecule has 0 radical (unpaired) electrons. The Labute approximate surface area is 168 Å². The summed E-state index contributed by atoms with van der Waals surface area (Å²) in [5.74, 6) is 0. The molecule has 0 saturated carbocycles. The van der Waals surface area contributed by atoms with E-state index in [9.17, 15) is 10.2 Å². The molecule has 0 amide bonds. The molecule has 0 spiro atoms. The van der Waals surface area contributed by atoms with Gasteiger partial charge in [-0.3, -0.25) is 4.99 Å². The van der Waals surface area contributed by atoms with E-state index in [1.54, 1.807) is 4.68 Å². The van der Waals surface area contributed by atoms with Gasteiger partial charge in [0.2, 0.25) is 0 Å². The zero-order chi connectivity index (χ0) is 19.5. The number of benzene rings is 1. The van der Waals surface area contributed by atoms with E-state index in [4.69, 9.17) is 4.74 Å². The summed E-state index contributed by atoms with van der Waals surface area (Å²) in [4.78, 5) is 4.33. The maximum Gasteiger partial charge on any atom is 0.159 e. The van der Waals surface area contributed by atoms with Crippen LogP contribution in [0.1, 0.15) is 18.2 Å². The number of amidine groups is 1. The summed E-state index contributed by atoms with van der Waals surface area (Å²) >= 11 is 1.45. The second kappa shape index (κ2) is 8.60. The van der Waals surface area contributed by atoms with E-state index in [2.05, 4.69) is 32.8 Å². The van der Waals surface area contributed by atoms with Crippen LogP contribution in [0, 0.1) is 0 Å². The molecule has 28 heavy (non-hydrogen) atoms. The zero-order valence-corrected chi connectivity index (χ0v) is 16.5. The van der Waals surface area contributed by atoms with Crippen molar-refractivity contribution in [2.24, 2.45) is 4.99 Å². The highest BCUT2D eigenvalue weighted by molar-refractivity contribution is 8.14. The number of nitrogens with zero attached hydrogens (tertiary/aromatic N) is 4. The van der Waals surface area contributed by atoms with Crippen molar-refractivity contribution >= 4 is 16.9 Å². The topological polar surface area (TPSA) is 105 Å². The van der Waals surface area contributed by atoms with E-state index in [1.807, 2.05) is 31.3 Å². The fraction of sp³-hybridized carbons (Fsp3) is 0.526. The third-order valence-electron chi connectivity index (χ3n) is 4.99. The van der Waals surface area contributed by atoms with Gasteiger partial charge < -0.3 is 20.3 Å². The van der Waals surface area contributed by atoms with Crippen LogP contribution in [0.4, 0.5) is 0 Å². The van der Waals surface area contributed by atoms with Gasteiger partial charge in [-0.1, -0.05) is 47.3 Å². The molecule has 2 aliphatic heterocycles. The lowest BCUT2D eigenvalue weighted by Gasteiger charge is -2.38. The first-order chi connectivity index (χ1) is 13.6. The van der Waals surface area contributed by atoms with Crippen LogP contribution in [-0.2, 0) is 24.1 Å². The van der Waals surface area contributed by atoms with E-state index in [0.29, 0.717) is 13.1 Å². The summed E-state index contributed by atoms with van der Waals surface area (Å²) < 4.78 is 7.71. The summed E-state index contributed by atoms with van der Waals surface area (Å²) in [5, 5.41) is 33.2. The summed E-state index contributed by atoms with van der Waals surface area (Å²) in [7, 11) is 0. The molecule has 2 saturated heterocycles. The summed E-state index contributed by atoms with van der Waals surface area (Å²) in [6.07, 6.45) is 1.07. The summed E-state index contributed by atoms with van der Waals surface area (Å²) in [6.45, 7) is 2.94. The van der Waals surface area contributed by atoms with Crippen LogP contribution in [0.2, 0.25) is 0 Å². The Hall–Kier alpha value is -1.94. The number of ether oxygens (including phenoxy) is 1. The van der Waals surface area contributed by atoms with Crippen molar-refractivity contribution < 1.29 is 14.9 Å². The van der Waals surface area contributed by atoms with Crippen LogP contribution in [0.3, 0.4) is 0 Å². The highest BCUT2D eigenvalue weighted by atomic mass is 32.2. The molecule has 2 aliphatic rings. The molecule has 1 aromatic carbocycles. The van der Waals surface area contributed by atoms with Crippen molar-refractivity contribution in [2.45, 2.75) is 56.1 Å². The Morgan fingerprint density at radius 3 is 2.82 bits per heavy atom. The minimum Gasteiger partial charge on any atom is -0.388 e. The maximum absolute atomic E-state index is 10.5. The number of aliphatic imine (C=N–C) groups is 1. The fourth-order valence-electron chi connectivity index (χ4n) is 3.49. The van der Waals surface area contributed by atoms with Gasteiger partial charge in [-0.2, -0.15) is 0 Å². The van der Waals surface area contributed by atoms with E-state index >= 15 is 0 Å². The molecule has 9 heteroatoms. The van der Waals surface area contributed by atoms with Gasteiger partial charge in [0.1, 0.15) is 23.7 Å². The van der Waals surface area contributed by atoms with Gasteiger partial charge in [0.15, 0.2) is 5.17 Å². The standard InChI is InChI=1S/C19H25N5O3S/c1-2-20-19-21-15-17(26)16(25)14(27-18(15)28-19)11-24-10-13(22-23-24)9-8-12-6-4-3-5-7-12/h3-7,10,14-18,25-26H,2,8-9,11H2,1H3,(H,20,21). The number of hydrogen-bond acceptors (Lipinski definition) is 7. The van der Waals surface area contributed by atoms with Crippen LogP contribution in [0.15, 0.2) is 41.5 Å². The first kappa shape index (κ1) is 19.4. The summed E-state index contributed by atoms with van der Waals surface area (Å²) in [6, 6.07) is 9.89. The van der Waals surface area contributed by atoms with Gasteiger partial charge in [-0.15, -0.1) is 5.10 Å². The van der Waals surface area contributed by atoms with Crippen molar-refractivity contribution in [3.05, 3.63) is 47.8 Å². The summed E-state index contributed by atoms with van der Waals surface area (Å²) in [5.41, 5.74) is 1.86. The first-order valence-electron chi connectivity index (χ1n) is 9.56. The molecule has 5 atom stereocenters. The van der Waals surface area contributed by atoms with Crippen molar-refractivity contribution in [3.63, 3.8) is 0 Å². The van der Waals surface area contributed by atoms with Crippen molar-refractivity contribution in [3.8, 4) is 0 Å². The minimum absolute atomic E-state index is 0.283. The molecule has 8 nitrogen and oxygen atoms in total. The highest BCUT2D eigenvalue weighted by Gasteiger charge is 2.49. The minimum atomic E-state index is -1.01. The van der Waals surface area contributed by atoms with Gasteiger partial charge in [0, 0.05) is 12.7 Å². The number of aliphatic hydroxyl groups is 2. The monoisotopic (exact) mass is 403 g/mol. The van der Waals surface area contributed by atoms with Gasteiger partial charge in [0.05, 0.1) is 18.3 Å². The van der Waals surface area contributed by atoms with E-state index < -0.39 is 18.3 Å². The van der Waals surface area contributed by atoms with Crippen molar-refractivity contribution in [2.75, 3.05) is 6.54 Å². The molecule has 3 heterocycles. The number of fused-ring (bicyclic) bond motifs is 1. The number of aryl methyl sites for hydroxylation is 2. The molecule has 1 aromatic heterocycles. The Balaban J connectivity index is 1.36. The molecule has 0 bridgehead atoms. The lowest BCUT2D eigenvalue weighted by molar-refractivity contribution is -0.160. The number of aromatic nitrogens is 3. The number of hydrogen-bond donors (Lipinski definition) is 3. The average Bonchev–Trinajstić information content (AvgIpc) is 3.32. The fourth-order valence-corrected chi connectivity index (χ4v) is 4.69. The third kappa shape index (κ3) is 4.22. The molecular weight excluding hydrogens is 378 g/mol.